The molecule has 0 aromatic carbocycles. The van der Waals surface area contributed by atoms with Crippen LogP contribution >= 0.6 is 0 Å². The van der Waals surface area contributed by atoms with Gasteiger partial charge in [-0.2, -0.15) is 4.31 Å². The van der Waals surface area contributed by atoms with E-state index in [9.17, 15) is 13.2 Å². The average molecular weight is 420 g/mol. The summed E-state index contributed by atoms with van der Waals surface area (Å²) in [5.74, 6) is 0.518. The molecule has 0 aliphatic carbocycles. The molecule has 0 N–H and O–H groups in total. The molecule has 8 nitrogen and oxygen atoms in total. The van der Waals surface area contributed by atoms with E-state index in [0.717, 1.165) is 32.4 Å². The molecule has 2 aliphatic heterocycles. The number of furan rings is 1. The smallest absolute Gasteiger partial charge is 0.248 e. The standard InChI is InChI=1S/C20H25N3O5S/c1-15-19(18(28-21-15)9-8-17-7-5-13-27-17)29(25,26)23-12-4-6-16(14-23)20(24)22-10-2-3-11-22/h5,7-9,13,16H,2-4,6,10-12,14H2,1H3. The van der Waals surface area contributed by atoms with Gasteiger partial charge in [0.05, 0.1) is 12.2 Å². The molecule has 2 aromatic heterocycles. The zero-order chi connectivity index (χ0) is 20.4. The lowest BCUT2D eigenvalue weighted by Gasteiger charge is -2.33. The third-order valence-electron chi connectivity index (χ3n) is 5.52. The maximum Gasteiger partial charge on any atom is 0.248 e. The van der Waals surface area contributed by atoms with Crippen molar-refractivity contribution in [3.63, 3.8) is 0 Å². The summed E-state index contributed by atoms with van der Waals surface area (Å²) in [6.07, 6.45) is 8.13. The lowest BCUT2D eigenvalue weighted by molar-refractivity contribution is -0.135. The molecule has 9 heteroatoms. The van der Waals surface area contributed by atoms with Crippen LogP contribution in [0.2, 0.25) is 0 Å². The van der Waals surface area contributed by atoms with Crippen LogP contribution in [0.4, 0.5) is 0 Å². The molecule has 1 amide bonds. The second kappa shape index (κ2) is 8.16. The van der Waals surface area contributed by atoms with Crippen molar-refractivity contribution in [1.29, 1.82) is 0 Å². The highest BCUT2D eigenvalue weighted by Crippen LogP contribution is 2.30. The summed E-state index contributed by atoms with van der Waals surface area (Å²) in [5, 5.41) is 3.86. The van der Waals surface area contributed by atoms with Crippen LogP contribution in [0.1, 0.15) is 42.9 Å². The van der Waals surface area contributed by atoms with Crippen molar-refractivity contribution in [2.24, 2.45) is 5.92 Å². The van der Waals surface area contributed by atoms with Crippen molar-refractivity contribution in [1.82, 2.24) is 14.4 Å². The fourth-order valence-electron chi connectivity index (χ4n) is 4.03. The van der Waals surface area contributed by atoms with E-state index in [-0.39, 0.29) is 29.0 Å². The van der Waals surface area contributed by atoms with Crippen LogP contribution in [0.5, 0.6) is 0 Å². The number of amides is 1. The van der Waals surface area contributed by atoms with Gasteiger partial charge in [0.1, 0.15) is 11.5 Å². The first-order valence-electron chi connectivity index (χ1n) is 9.93. The number of likely N-dealkylation sites (tertiary alicyclic amines) is 1. The van der Waals surface area contributed by atoms with Gasteiger partial charge in [-0.3, -0.25) is 4.79 Å². The van der Waals surface area contributed by atoms with Crippen LogP contribution in [0.15, 0.2) is 32.2 Å². The van der Waals surface area contributed by atoms with Gasteiger partial charge in [-0.1, -0.05) is 5.16 Å². The summed E-state index contributed by atoms with van der Waals surface area (Å²) < 4.78 is 38.7. The summed E-state index contributed by atoms with van der Waals surface area (Å²) in [7, 11) is -3.84. The van der Waals surface area contributed by atoms with Crippen molar-refractivity contribution in [2.45, 2.75) is 37.5 Å². The molecule has 2 aliphatic rings. The van der Waals surface area contributed by atoms with Crippen LogP contribution in [0, 0.1) is 12.8 Å². The molecule has 0 radical (unpaired) electrons. The summed E-state index contributed by atoms with van der Waals surface area (Å²) in [6.45, 7) is 3.74. The predicted octanol–water partition coefficient (Wildman–Crippen LogP) is 2.77. The van der Waals surface area contributed by atoms with E-state index in [0.29, 0.717) is 24.4 Å². The first kappa shape index (κ1) is 19.9. The second-order valence-electron chi connectivity index (χ2n) is 7.54. The van der Waals surface area contributed by atoms with Crippen LogP contribution in [0.3, 0.4) is 0 Å². The second-order valence-corrected chi connectivity index (χ2v) is 9.42. The highest BCUT2D eigenvalue weighted by atomic mass is 32.2. The maximum absolute atomic E-state index is 13.4. The van der Waals surface area contributed by atoms with Gasteiger partial charge in [0.2, 0.25) is 15.9 Å². The molecule has 0 saturated carbocycles. The van der Waals surface area contributed by atoms with E-state index in [2.05, 4.69) is 5.16 Å². The summed E-state index contributed by atoms with van der Waals surface area (Å²) in [6, 6.07) is 3.50. The van der Waals surface area contributed by atoms with Crippen molar-refractivity contribution in [3.05, 3.63) is 35.6 Å². The van der Waals surface area contributed by atoms with Gasteiger partial charge >= 0.3 is 0 Å². The summed E-state index contributed by atoms with van der Waals surface area (Å²) in [5.41, 5.74) is 0.303. The van der Waals surface area contributed by atoms with E-state index < -0.39 is 10.0 Å². The van der Waals surface area contributed by atoms with E-state index in [1.807, 2.05) is 4.90 Å². The molecule has 2 aromatic rings. The molecule has 1 unspecified atom stereocenters. The summed E-state index contributed by atoms with van der Waals surface area (Å²) in [4.78, 5) is 14.7. The Bertz CT molecular complexity index is 987. The Kier molecular flexibility index (Phi) is 5.60. The highest BCUT2D eigenvalue weighted by molar-refractivity contribution is 7.89. The van der Waals surface area contributed by atoms with Gasteiger partial charge in [0.15, 0.2) is 10.7 Å². The Labute approximate surface area is 170 Å². The fourth-order valence-corrected chi connectivity index (χ4v) is 5.80. The van der Waals surface area contributed by atoms with E-state index >= 15 is 0 Å². The van der Waals surface area contributed by atoms with Gasteiger partial charge < -0.3 is 13.8 Å². The Hall–Kier alpha value is -2.39. The van der Waals surface area contributed by atoms with Gasteiger partial charge in [0.25, 0.3) is 0 Å². The van der Waals surface area contributed by atoms with Gasteiger partial charge in [-0.15, -0.1) is 0 Å². The number of rotatable bonds is 5. The van der Waals surface area contributed by atoms with Gasteiger partial charge in [0, 0.05) is 26.2 Å². The van der Waals surface area contributed by atoms with Crippen LogP contribution in [0.25, 0.3) is 12.2 Å². The normalized spacial score (nSPS) is 21.3. The first-order chi connectivity index (χ1) is 14.0. The zero-order valence-corrected chi connectivity index (χ0v) is 17.2. The van der Waals surface area contributed by atoms with Crippen molar-refractivity contribution >= 4 is 28.1 Å². The number of aromatic nitrogens is 1. The third-order valence-corrected chi connectivity index (χ3v) is 7.55. The number of nitrogens with zero attached hydrogens (tertiary/aromatic N) is 3. The first-order valence-corrected chi connectivity index (χ1v) is 11.4. The molecule has 4 rings (SSSR count). The van der Waals surface area contributed by atoms with Crippen molar-refractivity contribution in [3.8, 4) is 0 Å². The minimum atomic E-state index is -3.84. The molecule has 29 heavy (non-hydrogen) atoms. The number of piperidine rings is 1. The monoisotopic (exact) mass is 419 g/mol. The minimum Gasteiger partial charge on any atom is -0.465 e. The number of aryl methyl sites for hydroxylation is 1. The molecule has 2 saturated heterocycles. The van der Waals surface area contributed by atoms with Crippen molar-refractivity contribution in [2.75, 3.05) is 26.2 Å². The van der Waals surface area contributed by atoms with Gasteiger partial charge in [-0.05, 0) is 56.9 Å². The lowest BCUT2D eigenvalue weighted by Crippen LogP contribution is -2.46. The quantitative estimate of drug-likeness (QED) is 0.739. The predicted molar refractivity (Wildman–Crippen MR) is 106 cm³/mol. The Morgan fingerprint density at radius 2 is 2.00 bits per heavy atom. The number of hydrogen-bond donors (Lipinski definition) is 0. The van der Waals surface area contributed by atoms with Crippen LogP contribution in [-0.4, -0.2) is 54.9 Å². The number of carbonyl (C=O) groups is 1. The number of carbonyl (C=O) groups excluding carboxylic acids is 1. The molecule has 156 valence electrons. The minimum absolute atomic E-state index is 0.0505. The SMILES string of the molecule is Cc1noc(C=Cc2ccco2)c1S(=O)(=O)N1CCCC(C(=O)N2CCCC2)C1. The van der Waals surface area contributed by atoms with E-state index in [1.54, 1.807) is 31.2 Å². The van der Waals surface area contributed by atoms with Gasteiger partial charge in [-0.25, -0.2) is 8.42 Å². The molecule has 0 spiro atoms. The molecule has 1 atom stereocenters. The van der Waals surface area contributed by atoms with Crippen LogP contribution < -0.4 is 0 Å². The lowest BCUT2D eigenvalue weighted by atomic mass is 9.98. The number of hydrogen-bond acceptors (Lipinski definition) is 6. The molecule has 4 heterocycles. The largest absolute Gasteiger partial charge is 0.465 e. The zero-order valence-electron chi connectivity index (χ0n) is 16.4. The Morgan fingerprint density at radius 3 is 2.72 bits per heavy atom. The Morgan fingerprint density at radius 1 is 1.21 bits per heavy atom. The molecule has 2 fully saturated rings. The summed E-state index contributed by atoms with van der Waals surface area (Å²) >= 11 is 0. The molecule has 0 bridgehead atoms. The van der Waals surface area contributed by atoms with E-state index in [4.69, 9.17) is 8.94 Å². The van der Waals surface area contributed by atoms with Crippen LogP contribution in [-0.2, 0) is 14.8 Å². The highest BCUT2D eigenvalue weighted by Gasteiger charge is 2.38. The molecular weight excluding hydrogens is 394 g/mol. The fraction of sp³-hybridized carbons (Fsp3) is 0.500. The van der Waals surface area contributed by atoms with Crippen molar-refractivity contribution < 1.29 is 22.2 Å². The number of sulfonamides is 1. The molecular formula is C20H25N3O5S. The third kappa shape index (κ3) is 4.02. The topological polar surface area (TPSA) is 96.9 Å². The average Bonchev–Trinajstić information content (AvgIpc) is 3.48. The van der Waals surface area contributed by atoms with E-state index in [1.165, 1.54) is 10.6 Å². The Balaban J connectivity index is 1.56. The maximum atomic E-state index is 13.4.